The van der Waals surface area contributed by atoms with Crippen LogP contribution in [0.5, 0.6) is 0 Å². The molecule has 2 aromatic rings. The molecule has 26 heavy (non-hydrogen) atoms. The quantitative estimate of drug-likeness (QED) is 0.800. The topological polar surface area (TPSA) is 54.3 Å². The van der Waals surface area contributed by atoms with E-state index < -0.39 is 11.6 Å². The summed E-state index contributed by atoms with van der Waals surface area (Å²) >= 11 is 3.27. The number of benzene rings is 1. The van der Waals surface area contributed by atoms with E-state index in [9.17, 15) is 18.4 Å². The molecule has 1 atom stereocenters. The average molecular weight is 426 g/mol. The summed E-state index contributed by atoms with van der Waals surface area (Å²) in [7, 11) is 0. The van der Waals surface area contributed by atoms with Crippen LogP contribution in [0.4, 0.5) is 14.5 Å². The number of hydrogen-bond acceptors (Lipinski definition) is 3. The van der Waals surface area contributed by atoms with E-state index in [1.165, 1.54) is 16.7 Å². The monoisotopic (exact) mass is 425 g/mol. The Labute approximate surface area is 157 Å². The predicted octanol–water partition coefficient (Wildman–Crippen LogP) is 2.53. The van der Waals surface area contributed by atoms with Crippen molar-refractivity contribution >= 4 is 27.5 Å². The number of rotatable bonds is 5. The van der Waals surface area contributed by atoms with Gasteiger partial charge in [-0.15, -0.1) is 0 Å². The van der Waals surface area contributed by atoms with Gasteiger partial charge in [0.15, 0.2) is 11.6 Å². The van der Waals surface area contributed by atoms with Crippen molar-refractivity contribution < 1.29 is 13.6 Å². The van der Waals surface area contributed by atoms with Crippen molar-refractivity contribution in [1.29, 1.82) is 0 Å². The Balaban J connectivity index is 1.51. The number of carbonyl (C=O) groups excluding carboxylic acids is 1. The number of pyridine rings is 1. The third-order valence-corrected chi connectivity index (χ3v) is 4.87. The predicted molar refractivity (Wildman–Crippen MR) is 98.1 cm³/mol. The molecule has 1 aromatic carbocycles. The Morgan fingerprint density at radius 2 is 2.04 bits per heavy atom. The Hall–Kier alpha value is -2.22. The number of aromatic nitrogens is 1. The van der Waals surface area contributed by atoms with Crippen LogP contribution in [-0.2, 0) is 11.3 Å². The van der Waals surface area contributed by atoms with Gasteiger partial charge in [0.25, 0.3) is 5.56 Å². The molecule has 1 N–H and O–H groups in total. The normalized spacial score (nSPS) is 16.7. The van der Waals surface area contributed by atoms with Crippen LogP contribution in [-0.4, -0.2) is 30.1 Å². The molecule has 0 spiro atoms. The molecular formula is C18H18BrF2N3O2. The summed E-state index contributed by atoms with van der Waals surface area (Å²) in [4.78, 5) is 25.8. The van der Waals surface area contributed by atoms with Crippen LogP contribution >= 0.6 is 15.9 Å². The van der Waals surface area contributed by atoms with Gasteiger partial charge in [-0.3, -0.25) is 9.59 Å². The van der Waals surface area contributed by atoms with Crippen molar-refractivity contribution in [2.24, 2.45) is 5.92 Å². The first kappa shape index (κ1) is 18.6. The van der Waals surface area contributed by atoms with Gasteiger partial charge in [0.2, 0.25) is 5.91 Å². The first-order valence-corrected chi connectivity index (χ1v) is 9.04. The summed E-state index contributed by atoms with van der Waals surface area (Å²) in [5.41, 5.74) is 0.396. The average Bonchev–Trinajstić information content (AvgIpc) is 3.08. The summed E-state index contributed by atoms with van der Waals surface area (Å²) in [6.45, 7) is 1.80. The van der Waals surface area contributed by atoms with Gasteiger partial charge in [0.05, 0.1) is 0 Å². The summed E-state index contributed by atoms with van der Waals surface area (Å²) < 4.78 is 28.5. The minimum absolute atomic E-state index is 0.0438. The molecule has 0 aliphatic carbocycles. The maximum Gasteiger partial charge on any atom is 0.251 e. The van der Waals surface area contributed by atoms with Crippen molar-refractivity contribution in [3.05, 3.63) is 63.0 Å². The van der Waals surface area contributed by atoms with E-state index in [-0.39, 0.29) is 23.9 Å². The van der Waals surface area contributed by atoms with Gasteiger partial charge in [-0.1, -0.05) is 0 Å². The van der Waals surface area contributed by atoms with E-state index in [1.54, 1.807) is 18.3 Å². The zero-order chi connectivity index (χ0) is 18.7. The maximum absolute atomic E-state index is 13.4. The molecule has 3 rings (SSSR count). The molecule has 2 heterocycles. The minimum atomic E-state index is -0.862. The lowest BCUT2D eigenvalue weighted by atomic mass is 10.1. The number of carbonyl (C=O) groups is 1. The second kappa shape index (κ2) is 7.99. The van der Waals surface area contributed by atoms with Crippen molar-refractivity contribution in [2.75, 3.05) is 24.5 Å². The zero-order valence-corrected chi connectivity index (χ0v) is 15.5. The molecule has 1 aliphatic rings. The lowest BCUT2D eigenvalue weighted by Gasteiger charge is -2.19. The van der Waals surface area contributed by atoms with Gasteiger partial charge < -0.3 is 14.8 Å². The standard InChI is InChI=1S/C18H18BrF2N3O2/c19-13-1-4-18(26)24(10-13)11-17(25)22-8-12-5-6-23(9-12)14-2-3-15(20)16(21)7-14/h1-4,7,10,12H,5-6,8-9,11H2,(H,22,25). The van der Waals surface area contributed by atoms with E-state index in [4.69, 9.17) is 0 Å². The third kappa shape index (κ3) is 4.49. The van der Waals surface area contributed by atoms with Crippen molar-refractivity contribution in [2.45, 2.75) is 13.0 Å². The van der Waals surface area contributed by atoms with E-state index in [0.717, 1.165) is 23.5 Å². The van der Waals surface area contributed by atoms with Crippen molar-refractivity contribution in [3.63, 3.8) is 0 Å². The largest absolute Gasteiger partial charge is 0.371 e. The van der Waals surface area contributed by atoms with Crippen LogP contribution < -0.4 is 15.8 Å². The van der Waals surface area contributed by atoms with Crippen LogP contribution in [0, 0.1) is 17.6 Å². The highest BCUT2D eigenvalue weighted by Gasteiger charge is 2.23. The molecular weight excluding hydrogens is 408 g/mol. The van der Waals surface area contributed by atoms with Crippen LogP contribution in [0.25, 0.3) is 0 Å². The van der Waals surface area contributed by atoms with Crippen LogP contribution in [0.15, 0.2) is 45.8 Å². The van der Waals surface area contributed by atoms with Crippen LogP contribution in [0.3, 0.4) is 0 Å². The molecule has 1 aliphatic heterocycles. The fourth-order valence-corrected chi connectivity index (χ4v) is 3.39. The van der Waals surface area contributed by atoms with E-state index >= 15 is 0 Å². The van der Waals surface area contributed by atoms with Crippen molar-refractivity contribution in [3.8, 4) is 0 Å². The lowest BCUT2D eigenvalue weighted by Crippen LogP contribution is -2.35. The Morgan fingerprint density at radius 1 is 1.23 bits per heavy atom. The lowest BCUT2D eigenvalue weighted by molar-refractivity contribution is -0.121. The van der Waals surface area contributed by atoms with E-state index in [0.29, 0.717) is 18.8 Å². The Bertz CT molecular complexity index is 872. The number of nitrogens with zero attached hydrogens (tertiary/aromatic N) is 2. The molecule has 0 radical (unpaired) electrons. The molecule has 0 saturated carbocycles. The number of nitrogens with one attached hydrogen (secondary N) is 1. The molecule has 0 bridgehead atoms. The van der Waals surface area contributed by atoms with Crippen molar-refractivity contribution in [1.82, 2.24) is 9.88 Å². The molecule has 5 nitrogen and oxygen atoms in total. The molecule has 1 aromatic heterocycles. The highest BCUT2D eigenvalue weighted by Crippen LogP contribution is 2.24. The van der Waals surface area contributed by atoms with E-state index in [2.05, 4.69) is 21.2 Å². The first-order chi connectivity index (χ1) is 12.4. The first-order valence-electron chi connectivity index (χ1n) is 8.25. The maximum atomic E-state index is 13.4. The number of amides is 1. The van der Waals surface area contributed by atoms with Crippen LogP contribution in [0.2, 0.25) is 0 Å². The summed E-state index contributed by atoms with van der Waals surface area (Å²) in [5, 5.41) is 2.84. The van der Waals surface area contributed by atoms with Gasteiger partial charge >= 0.3 is 0 Å². The number of anilines is 1. The fourth-order valence-electron chi connectivity index (χ4n) is 3.01. The van der Waals surface area contributed by atoms with Gasteiger partial charge in [-0.2, -0.15) is 0 Å². The third-order valence-electron chi connectivity index (χ3n) is 4.40. The second-order valence-electron chi connectivity index (χ2n) is 6.32. The van der Waals surface area contributed by atoms with Gasteiger partial charge in [0.1, 0.15) is 6.54 Å². The van der Waals surface area contributed by atoms with Crippen LogP contribution in [0.1, 0.15) is 6.42 Å². The zero-order valence-electron chi connectivity index (χ0n) is 13.9. The molecule has 1 amide bonds. The summed E-state index contributed by atoms with van der Waals surface area (Å²) in [5.74, 6) is -1.75. The fraction of sp³-hybridized carbons (Fsp3) is 0.333. The smallest absolute Gasteiger partial charge is 0.251 e. The highest BCUT2D eigenvalue weighted by molar-refractivity contribution is 9.10. The summed E-state index contributed by atoms with van der Waals surface area (Å²) in [6.07, 6.45) is 2.42. The molecule has 1 unspecified atom stereocenters. The molecule has 8 heteroatoms. The van der Waals surface area contributed by atoms with Gasteiger partial charge in [0, 0.05) is 48.1 Å². The Kier molecular flexibility index (Phi) is 5.70. The Morgan fingerprint density at radius 3 is 2.81 bits per heavy atom. The molecule has 1 saturated heterocycles. The second-order valence-corrected chi connectivity index (χ2v) is 7.23. The molecule has 1 fully saturated rings. The highest BCUT2D eigenvalue weighted by atomic mass is 79.9. The number of halogens is 3. The van der Waals surface area contributed by atoms with Gasteiger partial charge in [-0.25, -0.2) is 8.78 Å². The number of hydrogen-bond donors (Lipinski definition) is 1. The summed E-state index contributed by atoms with van der Waals surface area (Å²) in [6, 6.07) is 6.89. The van der Waals surface area contributed by atoms with E-state index in [1.807, 2.05) is 4.90 Å². The minimum Gasteiger partial charge on any atom is -0.371 e. The SMILES string of the molecule is O=C(Cn1cc(Br)ccc1=O)NCC1CCN(c2ccc(F)c(F)c2)C1. The molecule has 138 valence electrons. The van der Waals surface area contributed by atoms with Gasteiger partial charge in [-0.05, 0) is 46.5 Å².